The Morgan fingerprint density at radius 1 is 1.52 bits per heavy atom. The van der Waals surface area contributed by atoms with E-state index in [0.29, 0.717) is 18.6 Å². The van der Waals surface area contributed by atoms with Gasteiger partial charge in [0, 0.05) is 23.2 Å². The molecule has 146 valence electrons. The zero-order valence-corrected chi connectivity index (χ0v) is 16.7. The monoisotopic (exact) mass is 391 g/mol. The molecular weight excluding hydrogens is 365 g/mol. The molecule has 2 aromatic rings. The average molecular weight is 391 g/mol. The van der Waals surface area contributed by atoms with Gasteiger partial charge in [-0.15, -0.1) is 0 Å². The van der Waals surface area contributed by atoms with E-state index in [4.69, 9.17) is 4.65 Å². The van der Waals surface area contributed by atoms with Crippen LogP contribution in [0, 0.1) is 11.8 Å². The first-order chi connectivity index (χ1) is 12.7. The molecule has 2 aromatic heterocycles. The van der Waals surface area contributed by atoms with Gasteiger partial charge in [-0.1, -0.05) is 20.4 Å². The van der Waals surface area contributed by atoms with E-state index in [-0.39, 0.29) is 23.6 Å². The van der Waals surface area contributed by atoms with E-state index in [0.717, 1.165) is 22.2 Å². The van der Waals surface area contributed by atoms with Crippen molar-refractivity contribution in [3.8, 4) is 5.75 Å². The second kappa shape index (κ2) is 7.65. The van der Waals surface area contributed by atoms with Crippen molar-refractivity contribution in [3.63, 3.8) is 0 Å². The zero-order valence-electron chi connectivity index (χ0n) is 15.9. The Labute approximate surface area is 160 Å². The van der Waals surface area contributed by atoms with Gasteiger partial charge < -0.3 is 14.7 Å². The smallest absolute Gasteiger partial charge is 0.519 e. The molecule has 0 bridgehead atoms. The lowest BCUT2D eigenvalue weighted by molar-refractivity contribution is 0.310. The Morgan fingerprint density at radius 2 is 2.22 bits per heavy atom. The number of fused-ring (bicyclic) bond motifs is 1. The summed E-state index contributed by atoms with van der Waals surface area (Å²) in [6.07, 6.45) is 4.76. The highest BCUT2D eigenvalue weighted by atomic mass is 32.2. The summed E-state index contributed by atoms with van der Waals surface area (Å²) < 4.78 is 32.5. The maximum atomic E-state index is 12.1. The van der Waals surface area contributed by atoms with E-state index in [1.165, 1.54) is 6.82 Å². The molecule has 0 aromatic carbocycles. The molecule has 2 heterocycles. The van der Waals surface area contributed by atoms with Crippen molar-refractivity contribution in [1.82, 2.24) is 14.7 Å². The lowest BCUT2D eigenvalue weighted by Gasteiger charge is -2.37. The van der Waals surface area contributed by atoms with E-state index in [2.05, 4.69) is 21.3 Å². The molecule has 9 heteroatoms. The Bertz CT molecular complexity index is 933. The number of aromatic amines is 1. The summed E-state index contributed by atoms with van der Waals surface area (Å²) in [6.45, 7) is 9.56. The SMILES string of the molecule is C=C(c1c(OB(C)O)cnc2[nH]ccc12)[C@H]1C[C@@H](NS(=O)(=O)CC(C)C)C1. The van der Waals surface area contributed by atoms with Crippen molar-refractivity contribution in [2.24, 2.45) is 11.8 Å². The van der Waals surface area contributed by atoms with Gasteiger partial charge in [0.15, 0.2) is 0 Å². The summed E-state index contributed by atoms with van der Waals surface area (Å²) in [5, 5.41) is 10.5. The Morgan fingerprint density at radius 3 is 2.85 bits per heavy atom. The van der Waals surface area contributed by atoms with Crippen molar-refractivity contribution >= 4 is 33.7 Å². The lowest BCUT2D eigenvalue weighted by atomic mass is 9.74. The minimum Gasteiger partial charge on any atom is -0.535 e. The topological polar surface area (TPSA) is 104 Å². The molecule has 0 unspecified atom stereocenters. The van der Waals surface area contributed by atoms with Crippen LogP contribution in [0.15, 0.2) is 25.0 Å². The molecule has 0 radical (unpaired) electrons. The number of nitrogens with one attached hydrogen (secondary N) is 2. The number of H-pyrrole nitrogens is 1. The maximum absolute atomic E-state index is 12.1. The van der Waals surface area contributed by atoms with Gasteiger partial charge in [-0.2, -0.15) is 0 Å². The third-order valence-electron chi connectivity index (χ3n) is 4.70. The van der Waals surface area contributed by atoms with E-state index < -0.39 is 17.1 Å². The van der Waals surface area contributed by atoms with Gasteiger partial charge in [-0.3, -0.25) is 0 Å². The van der Waals surface area contributed by atoms with Crippen molar-refractivity contribution in [1.29, 1.82) is 0 Å². The normalized spacial score (nSPS) is 19.9. The minimum atomic E-state index is -3.26. The van der Waals surface area contributed by atoms with E-state index in [1.54, 1.807) is 12.4 Å². The molecule has 0 amide bonds. The van der Waals surface area contributed by atoms with Gasteiger partial charge in [-0.05, 0) is 43.1 Å². The molecule has 3 N–H and O–H groups in total. The third kappa shape index (κ3) is 4.53. The van der Waals surface area contributed by atoms with E-state index in [9.17, 15) is 13.4 Å². The number of allylic oxidation sites excluding steroid dienone is 1. The molecule has 27 heavy (non-hydrogen) atoms. The number of aromatic nitrogens is 2. The van der Waals surface area contributed by atoms with E-state index in [1.807, 2.05) is 19.9 Å². The molecule has 0 spiro atoms. The minimum absolute atomic E-state index is 0.0693. The Hall–Kier alpha value is -1.84. The summed E-state index contributed by atoms with van der Waals surface area (Å²) in [6, 6.07) is 1.83. The molecule has 0 atom stereocenters. The summed E-state index contributed by atoms with van der Waals surface area (Å²) in [5.41, 5.74) is 2.41. The first kappa shape index (κ1) is 19.9. The summed E-state index contributed by atoms with van der Waals surface area (Å²) >= 11 is 0. The number of rotatable bonds is 8. The van der Waals surface area contributed by atoms with Crippen LogP contribution in [0.1, 0.15) is 32.3 Å². The number of pyridine rings is 1. The Balaban J connectivity index is 1.75. The second-order valence-corrected chi connectivity index (χ2v) is 9.44. The fraction of sp³-hybridized carbons (Fsp3) is 0.500. The molecule has 3 rings (SSSR count). The average Bonchev–Trinajstić information content (AvgIpc) is 2.96. The van der Waals surface area contributed by atoms with Crippen molar-refractivity contribution in [2.75, 3.05) is 5.75 Å². The molecule has 1 fully saturated rings. The van der Waals surface area contributed by atoms with Crippen molar-refractivity contribution < 1.29 is 18.1 Å². The fourth-order valence-corrected chi connectivity index (χ4v) is 5.21. The van der Waals surface area contributed by atoms with Crippen LogP contribution in [0.3, 0.4) is 0 Å². The summed E-state index contributed by atoms with van der Waals surface area (Å²) in [5.74, 6) is 0.849. The third-order valence-corrected chi connectivity index (χ3v) is 6.50. The van der Waals surface area contributed by atoms with Crippen molar-refractivity contribution in [3.05, 3.63) is 30.6 Å². The molecule has 1 saturated carbocycles. The molecule has 0 saturated heterocycles. The molecular formula is C18H26BN3O4S. The van der Waals surface area contributed by atoms with Crippen LogP contribution in [-0.2, 0) is 10.0 Å². The molecule has 7 nitrogen and oxygen atoms in total. The maximum Gasteiger partial charge on any atom is 0.519 e. The number of sulfonamides is 1. The summed E-state index contributed by atoms with van der Waals surface area (Å²) in [7, 11) is -4.22. The summed E-state index contributed by atoms with van der Waals surface area (Å²) in [4.78, 5) is 7.37. The molecule has 1 aliphatic rings. The van der Waals surface area contributed by atoms with Crippen LogP contribution in [-0.4, -0.2) is 42.3 Å². The quantitative estimate of drug-likeness (QED) is 0.600. The predicted octanol–water partition coefficient (Wildman–Crippen LogP) is 2.42. The van der Waals surface area contributed by atoms with Crippen molar-refractivity contribution in [2.45, 2.75) is 39.6 Å². The van der Waals surface area contributed by atoms with Crippen LogP contribution in [0.25, 0.3) is 16.6 Å². The van der Waals surface area contributed by atoms with Crippen LogP contribution >= 0.6 is 0 Å². The van der Waals surface area contributed by atoms with Gasteiger partial charge in [0.1, 0.15) is 11.4 Å². The number of hydrogen-bond donors (Lipinski definition) is 3. The van der Waals surface area contributed by atoms with Gasteiger partial charge >= 0.3 is 7.12 Å². The van der Waals surface area contributed by atoms with E-state index >= 15 is 0 Å². The van der Waals surface area contributed by atoms with Gasteiger partial charge in [-0.25, -0.2) is 18.1 Å². The predicted molar refractivity (Wildman–Crippen MR) is 108 cm³/mol. The highest BCUT2D eigenvalue weighted by Crippen LogP contribution is 2.43. The van der Waals surface area contributed by atoms with Crippen LogP contribution in [0.5, 0.6) is 5.75 Å². The molecule has 1 aliphatic carbocycles. The number of nitrogens with zero attached hydrogens (tertiary/aromatic N) is 1. The molecule has 0 aliphatic heterocycles. The first-order valence-electron chi connectivity index (χ1n) is 9.16. The highest BCUT2D eigenvalue weighted by Gasteiger charge is 2.35. The standard InChI is InChI=1S/C18H26BN3O4S/c1-11(2)10-27(24,25)22-14-7-13(8-14)12(3)17-15-5-6-20-18(15)21-9-16(17)26-19(4)23/h5-6,9,11,13-14,22-23H,3,7-8,10H2,1-2,4H3,(H,20,21)/t13-,14+. The van der Waals surface area contributed by atoms with Crippen LogP contribution < -0.4 is 9.38 Å². The Kier molecular flexibility index (Phi) is 5.64. The van der Waals surface area contributed by atoms with Gasteiger partial charge in [0.25, 0.3) is 0 Å². The number of hydrogen-bond acceptors (Lipinski definition) is 5. The van der Waals surface area contributed by atoms with Crippen LogP contribution in [0.2, 0.25) is 6.82 Å². The largest absolute Gasteiger partial charge is 0.535 e. The zero-order chi connectivity index (χ0) is 19.8. The van der Waals surface area contributed by atoms with Gasteiger partial charge in [0.05, 0.1) is 11.9 Å². The second-order valence-electron chi connectivity index (χ2n) is 7.64. The highest BCUT2D eigenvalue weighted by molar-refractivity contribution is 7.89. The first-order valence-corrected chi connectivity index (χ1v) is 10.8. The fourth-order valence-electron chi connectivity index (χ4n) is 3.54. The van der Waals surface area contributed by atoms with Gasteiger partial charge in [0.2, 0.25) is 10.0 Å². The van der Waals surface area contributed by atoms with Crippen LogP contribution in [0.4, 0.5) is 0 Å². The lowest BCUT2D eigenvalue weighted by Crippen LogP contribution is -2.45.